The zero-order chi connectivity index (χ0) is 16.8. The molecule has 2 heterocycles. The molecule has 0 saturated carbocycles. The molecule has 1 aliphatic rings. The van der Waals surface area contributed by atoms with Crippen molar-refractivity contribution in [2.24, 2.45) is 5.73 Å². The molecule has 1 aliphatic heterocycles. The Morgan fingerprint density at radius 2 is 2.32 bits per heavy atom. The van der Waals surface area contributed by atoms with E-state index in [9.17, 15) is 14.6 Å². The number of amides is 1. The van der Waals surface area contributed by atoms with E-state index in [1.54, 1.807) is 0 Å². The smallest absolute Gasteiger partial charge is 0.363 e. The topological polar surface area (TPSA) is 133 Å². The highest BCUT2D eigenvalue weighted by Gasteiger charge is 2.35. The average molecular weight is 333 g/mol. The number of hydrogen-bond acceptors (Lipinski definition) is 7. The lowest BCUT2D eigenvalue weighted by Crippen LogP contribution is -2.18. The van der Waals surface area contributed by atoms with Crippen LogP contribution in [0.2, 0.25) is 0 Å². The standard InChI is InChI=1S/C10H15N4O5P.C2H6/c1-2-20(16,17)18-5-7-3-4-8(19-7)14-6-12-10(13-14)9(11)15;1-2/h2,6-8,16-17H,1,3-5H2,(H-,11,15);1-2H3/p+1/t7?,8-;/m1./s1. The van der Waals surface area contributed by atoms with E-state index in [2.05, 4.69) is 16.7 Å². The number of rotatable bonds is 6. The van der Waals surface area contributed by atoms with Crippen molar-refractivity contribution in [1.82, 2.24) is 14.8 Å². The molecule has 0 bridgehead atoms. The van der Waals surface area contributed by atoms with Crippen molar-refractivity contribution in [3.05, 3.63) is 24.5 Å². The van der Waals surface area contributed by atoms with Gasteiger partial charge in [-0.2, -0.15) is 14.3 Å². The lowest BCUT2D eigenvalue weighted by atomic mass is 10.2. The van der Waals surface area contributed by atoms with Gasteiger partial charge in [-0.3, -0.25) is 4.79 Å². The molecule has 0 aromatic carbocycles. The van der Waals surface area contributed by atoms with Crippen LogP contribution >= 0.6 is 7.94 Å². The predicted octanol–water partition coefficient (Wildman–Crippen LogP) is 0.988. The highest BCUT2D eigenvalue weighted by molar-refractivity contribution is 7.62. The number of nitrogens with two attached hydrogens (primary N) is 1. The zero-order valence-corrected chi connectivity index (χ0v) is 13.5. The zero-order valence-electron chi connectivity index (χ0n) is 12.6. The molecule has 0 spiro atoms. The summed E-state index contributed by atoms with van der Waals surface area (Å²) in [6.07, 6.45) is 2.00. The highest BCUT2D eigenvalue weighted by Crippen LogP contribution is 2.52. The normalized spacial score (nSPS) is 21.1. The third kappa shape index (κ3) is 5.11. The van der Waals surface area contributed by atoms with E-state index in [0.717, 1.165) is 5.82 Å². The van der Waals surface area contributed by atoms with E-state index in [1.807, 2.05) is 13.8 Å². The summed E-state index contributed by atoms with van der Waals surface area (Å²) < 4.78 is 12.0. The molecule has 0 aliphatic carbocycles. The maximum atomic E-state index is 10.9. The molecule has 1 aromatic heterocycles. The third-order valence-corrected chi connectivity index (χ3v) is 3.80. The average Bonchev–Trinajstić information content (AvgIpc) is 3.16. The summed E-state index contributed by atoms with van der Waals surface area (Å²) in [7, 11) is -3.49. The summed E-state index contributed by atoms with van der Waals surface area (Å²) in [5.41, 5.74) is 5.06. The van der Waals surface area contributed by atoms with Gasteiger partial charge in [0.25, 0.3) is 5.91 Å². The van der Waals surface area contributed by atoms with Crippen LogP contribution in [0, 0.1) is 0 Å². The van der Waals surface area contributed by atoms with Crippen molar-refractivity contribution in [3.8, 4) is 0 Å². The van der Waals surface area contributed by atoms with Gasteiger partial charge in [-0.05, 0) is 12.8 Å². The van der Waals surface area contributed by atoms with Crippen LogP contribution in [0.5, 0.6) is 0 Å². The number of aromatic nitrogens is 3. The SMILES string of the molecule is C=C[P+](O)(O)OCC1CC[C@H](n2cnc(C(N)=O)n2)O1.CC. The van der Waals surface area contributed by atoms with E-state index in [0.29, 0.717) is 12.8 Å². The first kappa shape index (κ1) is 18.7. The maximum Gasteiger partial charge on any atom is 0.435 e. The lowest BCUT2D eigenvalue weighted by molar-refractivity contribution is -0.0264. The number of primary amides is 1. The third-order valence-electron chi connectivity index (χ3n) is 2.80. The fourth-order valence-electron chi connectivity index (χ4n) is 1.78. The Bertz CT molecular complexity index is 507. The largest absolute Gasteiger partial charge is 0.435 e. The molecule has 1 saturated heterocycles. The van der Waals surface area contributed by atoms with Gasteiger partial charge in [0.1, 0.15) is 18.8 Å². The summed E-state index contributed by atoms with van der Waals surface area (Å²) in [5, 5.41) is 3.91. The predicted molar refractivity (Wildman–Crippen MR) is 80.5 cm³/mol. The molecule has 1 amide bonds. The molecule has 124 valence electrons. The van der Waals surface area contributed by atoms with Crippen molar-refractivity contribution in [2.75, 3.05) is 6.61 Å². The number of hydrogen-bond donors (Lipinski definition) is 3. The Labute approximate surface area is 129 Å². The van der Waals surface area contributed by atoms with Gasteiger partial charge >= 0.3 is 7.94 Å². The minimum Gasteiger partial charge on any atom is -0.363 e. The van der Waals surface area contributed by atoms with Crippen LogP contribution in [0.4, 0.5) is 0 Å². The number of carbonyl (C=O) groups excluding carboxylic acids is 1. The Hall–Kier alpha value is -1.38. The van der Waals surface area contributed by atoms with Gasteiger partial charge in [-0.1, -0.05) is 20.4 Å². The minimum atomic E-state index is -3.49. The lowest BCUT2D eigenvalue weighted by Gasteiger charge is -2.13. The first-order chi connectivity index (χ1) is 10.4. The molecule has 1 fully saturated rings. The summed E-state index contributed by atoms with van der Waals surface area (Å²) in [6.45, 7) is 7.32. The van der Waals surface area contributed by atoms with Crippen molar-refractivity contribution >= 4 is 13.9 Å². The second-order valence-electron chi connectivity index (χ2n) is 4.27. The second kappa shape index (κ2) is 8.30. The molecule has 2 rings (SSSR count). The van der Waals surface area contributed by atoms with Crippen LogP contribution < -0.4 is 5.73 Å². The molecule has 9 nitrogen and oxygen atoms in total. The molecule has 0 radical (unpaired) electrons. The van der Waals surface area contributed by atoms with Crippen LogP contribution in [-0.2, 0) is 9.26 Å². The van der Waals surface area contributed by atoms with Crippen LogP contribution in [0.15, 0.2) is 18.7 Å². The van der Waals surface area contributed by atoms with Crippen molar-refractivity contribution < 1.29 is 23.8 Å². The van der Waals surface area contributed by atoms with Gasteiger partial charge in [0.15, 0.2) is 6.23 Å². The van der Waals surface area contributed by atoms with Gasteiger partial charge < -0.3 is 10.5 Å². The van der Waals surface area contributed by atoms with Crippen molar-refractivity contribution in [2.45, 2.75) is 39.0 Å². The molecule has 2 atom stereocenters. The summed E-state index contributed by atoms with van der Waals surface area (Å²) >= 11 is 0. The molecule has 22 heavy (non-hydrogen) atoms. The molecular formula is C12H22N4O5P+. The Morgan fingerprint density at radius 3 is 2.86 bits per heavy atom. The fourth-order valence-corrected chi connectivity index (χ4v) is 2.27. The van der Waals surface area contributed by atoms with Crippen LogP contribution in [0.1, 0.15) is 43.5 Å². The van der Waals surface area contributed by atoms with Gasteiger partial charge in [-0.15, -0.1) is 5.10 Å². The summed E-state index contributed by atoms with van der Waals surface area (Å²) in [5.74, 6) is 0.203. The maximum absolute atomic E-state index is 10.9. The Kier molecular flexibility index (Phi) is 7.05. The molecule has 1 aromatic rings. The van der Waals surface area contributed by atoms with E-state index < -0.39 is 13.9 Å². The van der Waals surface area contributed by atoms with E-state index in [4.69, 9.17) is 15.0 Å². The van der Waals surface area contributed by atoms with Crippen molar-refractivity contribution in [1.29, 1.82) is 0 Å². The number of carbonyl (C=O) groups is 1. The Morgan fingerprint density at radius 1 is 1.64 bits per heavy atom. The minimum absolute atomic E-state index is 0.0423. The molecule has 4 N–H and O–H groups in total. The van der Waals surface area contributed by atoms with E-state index >= 15 is 0 Å². The summed E-state index contributed by atoms with van der Waals surface area (Å²) in [6, 6.07) is 0. The first-order valence-corrected chi connectivity index (χ1v) is 8.58. The number of ether oxygens (including phenoxy) is 1. The number of nitrogens with zero attached hydrogens (tertiary/aromatic N) is 3. The molecular weight excluding hydrogens is 311 g/mol. The molecule has 10 heteroatoms. The second-order valence-corrected chi connectivity index (χ2v) is 6.07. The van der Waals surface area contributed by atoms with Crippen LogP contribution in [0.25, 0.3) is 0 Å². The van der Waals surface area contributed by atoms with Crippen LogP contribution in [-0.4, -0.2) is 43.2 Å². The van der Waals surface area contributed by atoms with E-state index in [1.165, 1.54) is 11.0 Å². The van der Waals surface area contributed by atoms with Crippen molar-refractivity contribution in [3.63, 3.8) is 0 Å². The van der Waals surface area contributed by atoms with E-state index in [-0.39, 0.29) is 24.8 Å². The summed E-state index contributed by atoms with van der Waals surface area (Å²) in [4.78, 5) is 33.3. The fraction of sp³-hybridized carbons (Fsp3) is 0.583. The van der Waals surface area contributed by atoms with Gasteiger partial charge in [0.05, 0.1) is 6.10 Å². The van der Waals surface area contributed by atoms with Crippen LogP contribution in [0.3, 0.4) is 0 Å². The monoisotopic (exact) mass is 333 g/mol. The van der Waals surface area contributed by atoms with Gasteiger partial charge in [-0.25, -0.2) is 9.67 Å². The highest BCUT2D eigenvalue weighted by atomic mass is 31.2. The Balaban J connectivity index is 0.00000116. The quantitative estimate of drug-likeness (QED) is 0.661. The molecule has 1 unspecified atom stereocenters. The first-order valence-electron chi connectivity index (χ1n) is 6.90. The van der Waals surface area contributed by atoms with Gasteiger partial charge in [0, 0.05) is 0 Å². The van der Waals surface area contributed by atoms with Gasteiger partial charge in [0.2, 0.25) is 5.82 Å².